The molecule has 3 rings (SSSR count). The molecule has 6 nitrogen and oxygen atoms in total. The first-order chi connectivity index (χ1) is 11.2. The van der Waals surface area contributed by atoms with E-state index in [1.54, 1.807) is 25.3 Å². The topological polar surface area (TPSA) is 69.9 Å². The van der Waals surface area contributed by atoms with Crippen molar-refractivity contribution in [2.24, 2.45) is 0 Å². The third-order valence-corrected chi connectivity index (χ3v) is 3.31. The van der Waals surface area contributed by atoms with Crippen LogP contribution in [0.15, 0.2) is 48.7 Å². The molecule has 0 amide bonds. The Hall–Kier alpha value is -2.73. The van der Waals surface area contributed by atoms with E-state index in [2.05, 4.69) is 15.3 Å². The third-order valence-electron chi connectivity index (χ3n) is 3.11. The number of hydrogen-bond acceptors (Lipinski definition) is 5. The van der Waals surface area contributed by atoms with Gasteiger partial charge in [0.2, 0.25) is 0 Å². The molecule has 1 aromatic carbocycles. The summed E-state index contributed by atoms with van der Waals surface area (Å²) < 4.78 is 6.59. The lowest BCUT2D eigenvalue weighted by atomic mass is 10.1. The summed E-state index contributed by atoms with van der Waals surface area (Å²) in [6.45, 7) is 2.05. The van der Waals surface area contributed by atoms with Crippen LogP contribution in [0.25, 0.3) is 17.1 Å². The van der Waals surface area contributed by atoms with Crippen LogP contribution in [0.4, 0.5) is 0 Å². The summed E-state index contributed by atoms with van der Waals surface area (Å²) in [5.41, 5.74) is 1.71. The zero-order chi connectivity index (χ0) is 16.2. The minimum absolute atomic E-state index is 0.287. The highest BCUT2D eigenvalue weighted by molar-refractivity contribution is 6.29. The van der Waals surface area contributed by atoms with Gasteiger partial charge < -0.3 is 4.74 Å². The smallest absolute Gasteiger partial charge is 0.342 e. The van der Waals surface area contributed by atoms with E-state index >= 15 is 0 Å². The lowest BCUT2D eigenvalue weighted by Crippen LogP contribution is -2.05. The average molecular weight is 329 g/mol. The molecule has 2 heterocycles. The number of carbonyl (C=O) groups excluding carboxylic acids is 1. The van der Waals surface area contributed by atoms with Crippen molar-refractivity contribution in [3.05, 3.63) is 59.4 Å². The minimum Gasteiger partial charge on any atom is -0.462 e. The predicted molar refractivity (Wildman–Crippen MR) is 85.6 cm³/mol. The van der Waals surface area contributed by atoms with Crippen LogP contribution in [0.5, 0.6) is 0 Å². The largest absolute Gasteiger partial charge is 0.462 e. The van der Waals surface area contributed by atoms with E-state index in [1.807, 2.05) is 30.3 Å². The zero-order valence-corrected chi connectivity index (χ0v) is 13.1. The van der Waals surface area contributed by atoms with Gasteiger partial charge in [-0.3, -0.25) is 0 Å². The van der Waals surface area contributed by atoms with Gasteiger partial charge in [0.15, 0.2) is 11.0 Å². The van der Waals surface area contributed by atoms with Crippen LogP contribution in [-0.4, -0.2) is 32.6 Å². The van der Waals surface area contributed by atoms with Gasteiger partial charge in [0.25, 0.3) is 0 Å². The maximum Gasteiger partial charge on any atom is 0.342 e. The van der Waals surface area contributed by atoms with Gasteiger partial charge in [-0.1, -0.05) is 41.9 Å². The summed E-state index contributed by atoms with van der Waals surface area (Å²) in [6, 6.07) is 12.7. The minimum atomic E-state index is -0.431. The van der Waals surface area contributed by atoms with Crippen molar-refractivity contribution in [3.63, 3.8) is 0 Å². The van der Waals surface area contributed by atoms with Crippen molar-refractivity contribution in [2.45, 2.75) is 6.92 Å². The molecule has 0 saturated carbocycles. The van der Waals surface area contributed by atoms with E-state index < -0.39 is 5.97 Å². The fourth-order valence-corrected chi connectivity index (χ4v) is 2.19. The van der Waals surface area contributed by atoms with Crippen LogP contribution in [0.3, 0.4) is 0 Å². The number of benzene rings is 1. The first-order valence-electron chi connectivity index (χ1n) is 7.01. The summed E-state index contributed by atoms with van der Waals surface area (Å²) in [5.74, 6) is 0.0293. The van der Waals surface area contributed by atoms with Gasteiger partial charge in [0.05, 0.1) is 6.61 Å². The van der Waals surface area contributed by atoms with Crippen LogP contribution in [0, 0.1) is 0 Å². The second-order valence-corrected chi connectivity index (χ2v) is 5.02. The molecule has 0 aliphatic carbocycles. The number of esters is 1. The molecule has 0 aliphatic rings. The SMILES string of the molecule is CCOC(=O)c1cn(-c2ccc(Cl)nn2)nc1-c1ccccc1. The van der Waals surface area contributed by atoms with Gasteiger partial charge in [-0.25, -0.2) is 9.48 Å². The number of nitrogens with zero attached hydrogens (tertiary/aromatic N) is 4. The van der Waals surface area contributed by atoms with Gasteiger partial charge in [-0.15, -0.1) is 10.2 Å². The highest BCUT2D eigenvalue weighted by Crippen LogP contribution is 2.24. The number of rotatable bonds is 4. The molecule has 0 aliphatic heterocycles. The zero-order valence-electron chi connectivity index (χ0n) is 12.3. The van der Waals surface area contributed by atoms with Crippen molar-refractivity contribution < 1.29 is 9.53 Å². The van der Waals surface area contributed by atoms with Crippen LogP contribution >= 0.6 is 11.6 Å². The van der Waals surface area contributed by atoms with Gasteiger partial charge in [0.1, 0.15) is 11.3 Å². The lowest BCUT2D eigenvalue weighted by molar-refractivity contribution is 0.0527. The van der Waals surface area contributed by atoms with Crippen LogP contribution in [0.2, 0.25) is 5.15 Å². The Morgan fingerprint density at radius 3 is 2.61 bits per heavy atom. The van der Waals surface area contributed by atoms with Crippen molar-refractivity contribution in [1.82, 2.24) is 20.0 Å². The maximum absolute atomic E-state index is 12.2. The molecule has 3 aromatic rings. The molecule has 23 heavy (non-hydrogen) atoms. The summed E-state index contributed by atoms with van der Waals surface area (Å²) in [7, 11) is 0. The van der Waals surface area contributed by atoms with Crippen LogP contribution in [-0.2, 0) is 4.74 Å². The van der Waals surface area contributed by atoms with Crippen molar-refractivity contribution in [2.75, 3.05) is 6.61 Å². The Morgan fingerprint density at radius 2 is 1.96 bits per heavy atom. The quantitative estimate of drug-likeness (QED) is 0.688. The molecule has 0 unspecified atom stereocenters. The van der Waals surface area contributed by atoms with Crippen LogP contribution in [0.1, 0.15) is 17.3 Å². The van der Waals surface area contributed by atoms with E-state index in [0.29, 0.717) is 23.7 Å². The number of carbonyl (C=O) groups is 1. The van der Waals surface area contributed by atoms with Gasteiger partial charge in [0, 0.05) is 11.8 Å². The molecule has 0 bridgehead atoms. The van der Waals surface area contributed by atoms with Crippen molar-refractivity contribution in [1.29, 1.82) is 0 Å². The molecule has 0 atom stereocenters. The normalized spacial score (nSPS) is 10.5. The second kappa shape index (κ2) is 6.58. The Balaban J connectivity index is 2.10. The first kappa shape index (κ1) is 15.2. The fraction of sp³-hybridized carbons (Fsp3) is 0.125. The molecule has 7 heteroatoms. The summed E-state index contributed by atoms with van der Waals surface area (Å²) in [6.07, 6.45) is 1.58. The fourth-order valence-electron chi connectivity index (χ4n) is 2.09. The van der Waals surface area contributed by atoms with Crippen LogP contribution < -0.4 is 0 Å². The highest BCUT2D eigenvalue weighted by Gasteiger charge is 2.20. The highest BCUT2D eigenvalue weighted by atomic mass is 35.5. The van der Waals surface area contributed by atoms with E-state index in [-0.39, 0.29) is 5.15 Å². The molecule has 0 saturated heterocycles. The Bertz CT molecular complexity index is 816. The predicted octanol–water partition coefficient (Wildman–Crippen LogP) is 3.16. The molecule has 0 spiro atoms. The summed E-state index contributed by atoms with van der Waals surface area (Å²) >= 11 is 5.75. The lowest BCUT2D eigenvalue weighted by Gasteiger charge is -2.01. The first-order valence-corrected chi connectivity index (χ1v) is 7.38. The molecule has 2 aromatic heterocycles. The summed E-state index contributed by atoms with van der Waals surface area (Å²) in [4.78, 5) is 12.2. The van der Waals surface area contributed by atoms with E-state index in [0.717, 1.165) is 5.56 Å². The monoisotopic (exact) mass is 328 g/mol. The van der Waals surface area contributed by atoms with Gasteiger partial charge in [-0.05, 0) is 19.1 Å². The Labute approximate surface area is 137 Å². The van der Waals surface area contributed by atoms with Gasteiger partial charge in [-0.2, -0.15) is 5.10 Å². The Morgan fingerprint density at radius 1 is 1.17 bits per heavy atom. The third kappa shape index (κ3) is 3.22. The molecule has 0 fully saturated rings. The summed E-state index contributed by atoms with van der Waals surface area (Å²) in [5, 5.41) is 12.5. The number of ether oxygens (including phenoxy) is 1. The standard InChI is InChI=1S/C16H13ClN4O2/c1-2-23-16(22)12-10-21(14-9-8-13(17)18-19-14)20-15(12)11-6-4-3-5-7-11/h3-10H,2H2,1H3. The van der Waals surface area contributed by atoms with Gasteiger partial charge >= 0.3 is 5.97 Å². The molecule has 0 radical (unpaired) electrons. The molecule has 0 N–H and O–H groups in total. The number of hydrogen-bond donors (Lipinski definition) is 0. The van der Waals surface area contributed by atoms with E-state index in [1.165, 1.54) is 4.68 Å². The Kier molecular flexibility index (Phi) is 4.34. The second-order valence-electron chi connectivity index (χ2n) is 4.64. The van der Waals surface area contributed by atoms with Crippen molar-refractivity contribution in [3.8, 4) is 17.1 Å². The van der Waals surface area contributed by atoms with E-state index in [9.17, 15) is 4.79 Å². The number of aromatic nitrogens is 4. The molecular formula is C16H13ClN4O2. The maximum atomic E-state index is 12.2. The average Bonchev–Trinajstić information content (AvgIpc) is 3.02. The molecular weight excluding hydrogens is 316 g/mol. The van der Waals surface area contributed by atoms with E-state index in [4.69, 9.17) is 16.3 Å². The number of halogens is 1. The molecule has 116 valence electrons. The van der Waals surface area contributed by atoms with Crippen molar-refractivity contribution >= 4 is 17.6 Å².